The highest BCUT2D eigenvalue weighted by molar-refractivity contribution is 5.96. The number of amides is 3. The van der Waals surface area contributed by atoms with E-state index in [-0.39, 0.29) is 31.4 Å². The van der Waals surface area contributed by atoms with Crippen LogP contribution in [0, 0.1) is 17.8 Å². The molecule has 1 fully saturated rings. The molecule has 3 atom stereocenters. The summed E-state index contributed by atoms with van der Waals surface area (Å²) in [6.45, 7) is 10.3. The molecule has 1 heterocycles. The monoisotopic (exact) mass is 465 g/mol. The summed E-state index contributed by atoms with van der Waals surface area (Å²) in [4.78, 5) is 50.9. The number of Topliss-reactive ketones (excluding diaryl/α,β-unsaturated/α-hetero) is 1. The van der Waals surface area contributed by atoms with E-state index in [1.807, 2.05) is 13.8 Å². The van der Waals surface area contributed by atoms with Crippen LogP contribution in [-0.2, 0) is 19.1 Å². The van der Waals surface area contributed by atoms with E-state index in [9.17, 15) is 32.3 Å². The topological polar surface area (TPSA) is 105 Å². The Morgan fingerprint density at radius 3 is 2.00 bits per heavy atom. The van der Waals surface area contributed by atoms with Crippen LogP contribution in [0.2, 0.25) is 0 Å². The van der Waals surface area contributed by atoms with Crippen molar-refractivity contribution >= 4 is 23.7 Å². The number of hydrogen-bond acceptors (Lipinski definition) is 5. The zero-order valence-corrected chi connectivity index (χ0v) is 19.4. The molecule has 0 aromatic carbocycles. The van der Waals surface area contributed by atoms with Gasteiger partial charge < -0.3 is 20.3 Å². The Kier molecular flexibility index (Phi) is 9.96. The Hall–Kier alpha value is -2.33. The maximum atomic E-state index is 13.1. The minimum atomic E-state index is -5.09. The second-order valence-corrected chi connectivity index (χ2v) is 9.14. The van der Waals surface area contributed by atoms with Crippen molar-refractivity contribution < 1.29 is 37.1 Å². The molecule has 3 amide bonds. The predicted molar refractivity (Wildman–Crippen MR) is 111 cm³/mol. The third kappa shape index (κ3) is 7.67. The van der Waals surface area contributed by atoms with Crippen molar-refractivity contribution in [2.75, 3.05) is 13.2 Å². The van der Waals surface area contributed by atoms with Crippen molar-refractivity contribution in [3.05, 3.63) is 0 Å². The molecule has 32 heavy (non-hydrogen) atoms. The van der Waals surface area contributed by atoms with Crippen LogP contribution in [-0.4, -0.2) is 66.0 Å². The number of likely N-dealkylation sites (tertiary alicyclic amines) is 1. The molecule has 2 N–H and O–H groups in total. The average Bonchev–Trinajstić information content (AvgIpc) is 3.16. The van der Waals surface area contributed by atoms with Gasteiger partial charge in [0.2, 0.25) is 11.8 Å². The molecule has 0 aromatic rings. The summed E-state index contributed by atoms with van der Waals surface area (Å²) in [5.74, 6) is -4.40. The van der Waals surface area contributed by atoms with Gasteiger partial charge in [0.15, 0.2) is 0 Å². The molecule has 1 unspecified atom stereocenters. The number of carbonyl (C=O) groups is 4. The molecule has 8 nitrogen and oxygen atoms in total. The molecule has 1 saturated heterocycles. The number of halogens is 3. The first-order valence-electron chi connectivity index (χ1n) is 10.8. The van der Waals surface area contributed by atoms with Gasteiger partial charge in [-0.25, -0.2) is 4.79 Å². The third-order valence-corrected chi connectivity index (χ3v) is 5.12. The fourth-order valence-electron chi connectivity index (χ4n) is 3.37. The van der Waals surface area contributed by atoms with Gasteiger partial charge in [0.25, 0.3) is 5.78 Å². The van der Waals surface area contributed by atoms with Gasteiger partial charge in [-0.15, -0.1) is 0 Å². The average molecular weight is 466 g/mol. The van der Waals surface area contributed by atoms with Crippen molar-refractivity contribution in [3.63, 3.8) is 0 Å². The molecule has 0 radical (unpaired) electrons. The number of ether oxygens (including phenoxy) is 1. The Labute approximate surface area is 186 Å². The van der Waals surface area contributed by atoms with E-state index in [1.54, 1.807) is 13.8 Å². The minimum Gasteiger partial charge on any atom is -0.449 e. The Balaban J connectivity index is 2.95. The van der Waals surface area contributed by atoms with Crippen LogP contribution in [0.1, 0.15) is 54.4 Å². The van der Waals surface area contributed by atoms with E-state index < -0.39 is 53.9 Å². The summed E-state index contributed by atoms with van der Waals surface area (Å²) in [6, 6.07) is -3.75. The molecular formula is C21H34F3N3O5. The lowest BCUT2D eigenvalue weighted by Gasteiger charge is -2.31. The smallest absolute Gasteiger partial charge is 0.449 e. The van der Waals surface area contributed by atoms with E-state index in [4.69, 9.17) is 4.74 Å². The molecule has 0 aromatic heterocycles. The second-order valence-electron chi connectivity index (χ2n) is 9.14. The molecule has 184 valence electrons. The minimum absolute atomic E-state index is 0.105. The maximum absolute atomic E-state index is 13.1. The van der Waals surface area contributed by atoms with Crippen LogP contribution in [0.5, 0.6) is 0 Å². The van der Waals surface area contributed by atoms with E-state index >= 15 is 0 Å². The van der Waals surface area contributed by atoms with Gasteiger partial charge in [0.1, 0.15) is 12.1 Å². The fourth-order valence-corrected chi connectivity index (χ4v) is 3.37. The lowest BCUT2D eigenvalue weighted by Crippen LogP contribution is -2.58. The summed E-state index contributed by atoms with van der Waals surface area (Å²) >= 11 is 0. The van der Waals surface area contributed by atoms with Crippen LogP contribution in [0.15, 0.2) is 0 Å². The highest BCUT2D eigenvalue weighted by atomic mass is 19.4. The number of ketones is 1. The van der Waals surface area contributed by atoms with Gasteiger partial charge in [0.05, 0.1) is 12.6 Å². The lowest BCUT2D eigenvalue weighted by molar-refractivity contribution is -0.175. The number of carbonyl (C=O) groups excluding carboxylic acids is 4. The quantitative estimate of drug-likeness (QED) is 0.545. The molecular weight excluding hydrogens is 431 g/mol. The number of alkyl halides is 3. The number of alkyl carbamates (subject to hydrolysis) is 1. The Bertz CT molecular complexity index is 695. The van der Waals surface area contributed by atoms with Crippen molar-refractivity contribution in [3.8, 4) is 0 Å². The molecule has 11 heteroatoms. The maximum Gasteiger partial charge on any atom is 0.452 e. The molecule has 0 saturated carbocycles. The van der Waals surface area contributed by atoms with Crippen molar-refractivity contribution in [2.24, 2.45) is 17.8 Å². The number of rotatable bonds is 9. The Morgan fingerprint density at radius 1 is 0.969 bits per heavy atom. The lowest BCUT2D eigenvalue weighted by atomic mass is 9.98. The van der Waals surface area contributed by atoms with Gasteiger partial charge in [-0.2, -0.15) is 13.2 Å². The standard InChI is InChI=1S/C21H34F3N3O5/c1-11(2)10-32-20(31)26-16(13(5)6)19(30)27-9-7-8-14(27)18(29)25-15(12(3)4)17(28)21(22,23)24/h11-16H,7-10H2,1-6H3,(H,25,29)(H,26,31)/t14-,15?,16-/m0/s1. The van der Waals surface area contributed by atoms with Crippen LogP contribution in [0.4, 0.5) is 18.0 Å². The van der Waals surface area contributed by atoms with Crippen LogP contribution in [0.3, 0.4) is 0 Å². The molecule has 0 spiro atoms. The zero-order chi connectivity index (χ0) is 24.8. The van der Waals surface area contributed by atoms with Crippen LogP contribution >= 0.6 is 0 Å². The zero-order valence-electron chi connectivity index (χ0n) is 19.4. The predicted octanol–water partition coefficient (Wildman–Crippen LogP) is 2.66. The largest absolute Gasteiger partial charge is 0.452 e. The first-order valence-corrected chi connectivity index (χ1v) is 10.8. The van der Waals surface area contributed by atoms with Gasteiger partial charge >= 0.3 is 12.3 Å². The summed E-state index contributed by atoms with van der Waals surface area (Å²) in [5, 5.41) is 4.70. The molecule has 1 aliphatic rings. The number of nitrogens with one attached hydrogen (secondary N) is 2. The van der Waals surface area contributed by atoms with Crippen LogP contribution < -0.4 is 10.6 Å². The molecule has 0 aliphatic carbocycles. The number of nitrogens with zero attached hydrogens (tertiary/aromatic N) is 1. The molecule has 1 aliphatic heterocycles. The summed E-state index contributed by atoms with van der Waals surface area (Å²) in [5.41, 5.74) is 0. The van der Waals surface area contributed by atoms with Crippen molar-refractivity contribution in [2.45, 2.75) is 78.7 Å². The third-order valence-electron chi connectivity index (χ3n) is 5.12. The first kappa shape index (κ1) is 27.7. The molecule has 0 bridgehead atoms. The van der Waals surface area contributed by atoms with E-state index in [1.165, 1.54) is 18.7 Å². The second kappa shape index (κ2) is 11.5. The Morgan fingerprint density at radius 2 is 1.53 bits per heavy atom. The molecule has 1 rings (SSSR count). The fraction of sp³-hybridized carbons (Fsp3) is 0.810. The summed E-state index contributed by atoms with van der Waals surface area (Å²) in [7, 11) is 0. The van der Waals surface area contributed by atoms with E-state index in [0.29, 0.717) is 6.42 Å². The van der Waals surface area contributed by atoms with Gasteiger partial charge in [0, 0.05) is 6.54 Å². The summed E-state index contributed by atoms with van der Waals surface area (Å²) in [6.07, 6.45) is -5.14. The van der Waals surface area contributed by atoms with Gasteiger partial charge in [-0.05, 0) is 30.6 Å². The SMILES string of the molecule is CC(C)COC(=O)N[C@H](C(=O)N1CCC[C@H]1C(=O)NC(C(=O)C(F)(F)F)C(C)C)C(C)C. The highest BCUT2D eigenvalue weighted by Gasteiger charge is 2.46. The van der Waals surface area contributed by atoms with E-state index in [2.05, 4.69) is 10.6 Å². The van der Waals surface area contributed by atoms with Gasteiger partial charge in [-0.1, -0.05) is 41.5 Å². The van der Waals surface area contributed by atoms with Gasteiger partial charge in [-0.3, -0.25) is 14.4 Å². The normalized spacial score (nSPS) is 18.6. The number of hydrogen-bond donors (Lipinski definition) is 2. The van der Waals surface area contributed by atoms with Crippen molar-refractivity contribution in [1.29, 1.82) is 0 Å². The van der Waals surface area contributed by atoms with Crippen LogP contribution in [0.25, 0.3) is 0 Å². The van der Waals surface area contributed by atoms with E-state index in [0.717, 1.165) is 0 Å². The van der Waals surface area contributed by atoms with Crippen molar-refractivity contribution in [1.82, 2.24) is 15.5 Å². The first-order chi connectivity index (χ1) is 14.7. The highest BCUT2D eigenvalue weighted by Crippen LogP contribution is 2.24. The summed E-state index contributed by atoms with van der Waals surface area (Å²) < 4.78 is 43.8.